The Hall–Kier alpha value is -3.33. The average Bonchev–Trinajstić information content (AvgIpc) is 2.68. The van der Waals surface area contributed by atoms with Crippen LogP contribution in [0.25, 0.3) is 0 Å². The number of anilines is 2. The van der Waals surface area contributed by atoms with Gasteiger partial charge in [-0.1, -0.05) is 24.8 Å². The van der Waals surface area contributed by atoms with E-state index in [0.717, 1.165) is 0 Å². The van der Waals surface area contributed by atoms with Crippen molar-refractivity contribution in [3.63, 3.8) is 0 Å². The van der Waals surface area contributed by atoms with Crippen molar-refractivity contribution in [3.05, 3.63) is 71.2 Å². The number of allylic oxidation sites excluding steroid dienone is 1. The van der Waals surface area contributed by atoms with Crippen LogP contribution < -0.4 is 22.1 Å². The van der Waals surface area contributed by atoms with Crippen LogP contribution in [-0.4, -0.2) is 18.8 Å². The number of nitrogens with two attached hydrogens (primary N) is 2. The van der Waals surface area contributed by atoms with E-state index in [-0.39, 0.29) is 31.0 Å². The van der Waals surface area contributed by atoms with Gasteiger partial charge in [0.2, 0.25) is 5.91 Å². The fourth-order valence-electron chi connectivity index (χ4n) is 3.24. The summed E-state index contributed by atoms with van der Waals surface area (Å²) in [6.07, 6.45) is 0.442. The minimum atomic E-state index is -0.577. The Morgan fingerprint density at radius 3 is 2.76 bits per heavy atom. The van der Waals surface area contributed by atoms with Crippen molar-refractivity contribution in [2.45, 2.75) is 25.7 Å². The van der Waals surface area contributed by atoms with E-state index >= 15 is 0 Å². The summed E-state index contributed by atoms with van der Waals surface area (Å²) in [5, 5.41) is 5.70. The van der Waals surface area contributed by atoms with Gasteiger partial charge >= 0.3 is 12.9 Å². The highest BCUT2D eigenvalue weighted by molar-refractivity contribution is 6.59. The highest BCUT2D eigenvalue weighted by Gasteiger charge is 2.31. The van der Waals surface area contributed by atoms with Crippen molar-refractivity contribution in [2.24, 2.45) is 5.73 Å². The Labute approximate surface area is 168 Å². The second-order valence-corrected chi connectivity index (χ2v) is 6.80. The maximum Gasteiger partial charge on any atom is 0.377 e. The molecule has 7 nitrogen and oxygen atoms in total. The van der Waals surface area contributed by atoms with E-state index in [2.05, 4.69) is 17.2 Å². The molecule has 2 aromatic carbocycles. The van der Waals surface area contributed by atoms with Crippen LogP contribution >= 0.6 is 0 Å². The van der Waals surface area contributed by atoms with E-state index in [0.29, 0.717) is 34.4 Å². The van der Waals surface area contributed by atoms with Gasteiger partial charge in [0, 0.05) is 48.2 Å². The molecule has 150 valence electrons. The van der Waals surface area contributed by atoms with Crippen molar-refractivity contribution >= 4 is 30.2 Å². The van der Waals surface area contributed by atoms with E-state index in [9.17, 15) is 14.0 Å². The molecular formula is C20H22BFN4O3. The van der Waals surface area contributed by atoms with Gasteiger partial charge in [0.25, 0.3) is 0 Å². The zero-order chi connectivity index (χ0) is 21.0. The van der Waals surface area contributed by atoms with Crippen LogP contribution in [0.3, 0.4) is 0 Å². The number of hydrogen-bond acceptors (Lipinski definition) is 6. The van der Waals surface area contributed by atoms with E-state index in [1.54, 1.807) is 30.3 Å². The molecule has 1 aliphatic rings. The molecule has 2 aromatic rings. The van der Waals surface area contributed by atoms with Crippen molar-refractivity contribution in [3.8, 4) is 0 Å². The predicted octanol–water partition coefficient (Wildman–Crippen LogP) is 2.27. The third kappa shape index (κ3) is 4.75. The van der Waals surface area contributed by atoms with E-state index in [1.165, 1.54) is 6.07 Å². The first-order valence-electron chi connectivity index (χ1n) is 9.16. The molecule has 0 aliphatic carbocycles. The molecule has 1 fully saturated rings. The fraction of sp³-hybridized carbons (Fsp3) is 0.200. The molecule has 1 saturated heterocycles. The molecule has 3 rings (SSSR count). The van der Waals surface area contributed by atoms with E-state index in [4.69, 9.17) is 16.1 Å². The van der Waals surface area contributed by atoms with Crippen LogP contribution in [0.1, 0.15) is 21.5 Å². The van der Waals surface area contributed by atoms with Gasteiger partial charge in [-0.05, 0) is 18.2 Å². The first-order valence-corrected chi connectivity index (χ1v) is 9.16. The molecule has 0 unspecified atom stereocenters. The minimum Gasteiger partial charge on any atom is -0.532 e. The molecule has 6 N–H and O–H groups in total. The second-order valence-electron chi connectivity index (χ2n) is 6.80. The molecule has 9 heteroatoms. The average molecular weight is 396 g/mol. The normalized spacial score (nSPS) is 13.8. The molecule has 1 amide bonds. The molecular weight excluding hydrogens is 374 g/mol. The summed E-state index contributed by atoms with van der Waals surface area (Å²) in [7, 11) is 0. The zero-order valence-electron chi connectivity index (χ0n) is 15.8. The lowest BCUT2D eigenvalue weighted by Gasteiger charge is -2.22. The van der Waals surface area contributed by atoms with Gasteiger partial charge in [0.15, 0.2) is 5.82 Å². The van der Waals surface area contributed by atoms with Gasteiger partial charge in [0.05, 0.1) is 11.3 Å². The number of amides is 1. The standard InChI is InChI=1S/C20H22BFN4O3/c1-12-8-21(9-18(27)26-12)29-20(28)14-5-3-7-17(15(14)10-23)25-11-13-4-2-6-16(24)19(13)22/h2-7,25H,1,8-11,23-24H2,(H,26,27). The van der Waals surface area contributed by atoms with Crippen LogP contribution in [0, 0.1) is 5.82 Å². The van der Waals surface area contributed by atoms with Crippen LogP contribution in [0.4, 0.5) is 15.8 Å². The fourth-order valence-corrected chi connectivity index (χ4v) is 3.24. The monoisotopic (exact) mass is 396 g/mol. The predicted molar refractivity (Wildman–Crippen MR) is 111 cm³/mol. The Balaban J connectivity index is 1.76. The highest BCUT2D eigenvalue weighted by atomic mass is 19.1. The molecule has 0 saturated carbocycles. The van der Waals surface area contributed by atoms with E-state index in [1.807, 2.05) is 0 Å². The summed E-state index contributed by atoms with van der Waals surface area (Å²) in [5.41, 5.74) is 13.9. The zero-order valence-corrected chi connectivity index (χ0v) is 15.8. The second kappa shape index (κ2) is 8.79. The number of nitrogen functional groups attached to an aromatic ring is 1. The number of hydrogen-bond donors (Lipinski definition) is 4. The Morgan fingerprint density at radius 2 is 2.03 bits per heavy atom. The largest absolute Gasteiger partial charge is 0.532 e. The van der Waals surface area contributed by atoms with Crippen LogP contribution in [0.2, 0.25) is 12.6 Å². The smallest absolute Gasteiger partial charge is 0.377 e. The first-order chi connectivity index (χ1) is 13.9. The molecule has 0 spiro atoms. The Bertz CT molecular complexity index is 951. The molecule has 29 heavy (non-hydrogen) atoms. The van der Waals surface area contributed by atoms with Crippen LogP contribution in [0.5, 0.6) is 0 Å². The molecule has 0 bridgehead atoms. The summed E-state index contributed by atoms with van der Waals surface area (Å²) in [4.78, 5) is 24.3. The maximum absolute atomic E-state index is 14.1. The number of carbonyl (C=O) groups is 2. The summed E-state index contributed by atoms with van der Waals surface area (Å²) < 4.78 is 19.6. The van der Waals surface area contributed by atoms with Gasteiger partial charge < -0.3 is 26.8 Å². The van der Waals surface area contributed by atoms with E-state index < -0.39 is 18.7 Å². The topological polar surface area (TPSA) is 119 Å². The third-order valence-corrected chi connectivity index (χ3v) is 4.65. The molecule has 1 aliphatic heterocycles. The van der Waals surface area contributed by atoms with Gasteiger partial charge in [-0.25, -0.2) is 9.18 Å². The van der Waals surface area contributed by atoms with Crippen molar-refractivity contribution in [1.82, 2.24) is 5.32 Å². The maximum atomic E-state index is 14.1. The molecule has 0 radical (unpaired) electrons. The lowest BCUT2D eigenvalue weighted by Crippen LogP contribution is -2.38. The number of rotatable bonds is 6. The summed E-state index contributed by atoms with van der Waals surface area (Å²) in [6.45, 7) is 3.39. The number of benzene rings is 2. The Kier molecular flexibility index (Phi) is 6.18. The minimum absolute atomic E-state index is 0.0683. The third-order valence-electron chi connectivity index (χ3n) is 4.65. The lowest BCUT2D eigenvalue weighted by atomic mass is 9.58. The highest BCUT2D eigenvalue weighted by Crippen LogP contribution is 2.24. The van der Waals surface area contributed by atoms with Gasteiger partial charge in [0.1, 0.15) is 0 Å². The lowest BCUT2D eigenvalue weighted by molar-refractivity contribution is -0.118. The van der Waals surface area contributed by atoms with Crippen molar-refractivity contribution in [2.75, 3.05) is 11.1 Å². The number of carbonyl (C=O) groups excluding carboxylic acids is 2. The van der Waals surface area contributed by atoms with Gasteiger partial charge in [-0.2, -0.15) is 0 Å². The summed E-state index contributed by atoms with van der Waals surface area (Å²) >= 11 is 0. The Morgan fingerprint density at radius 1 is 1.28 bits per heavy atom. The van der Waals surface area contributed by atoms with Gasteiger partial charge in [-0.15, -0.1) is 0 Å². The van der Waals surface area contributed by atoms with Crippen LogP contribution in [-0.2, 0) is 22.5 Å². The number of halogens is 1. The summed E-state index contributed by atoms with van der Waals surface area (Å²) in [5.74, 6) is -1.30. The quantitative estimate of drug-likeness (QED) is 0.439. The van der Waals surface area contributed by atoms with Crippen molar-refractivity contribution < 1.29 is 18.6 Å². The van der Waals surface area contributed by atoms with Gasteiger partial charge in [-0.3, -0.25) is 4.79 Å². The first kappa shape index (κ1) is 20.4. The van der Waals surface area contributed by atoms with Crippen LogP contribution in [0.15, 0.2) is 48.7 Å². The molecule has 0 aromatic heterocycles. The summed E-state index contributed by atoms with van der Waals surface area (Å²) in [6, 6.07) is 9.82. The molecule has 0 atom stereocenters. The SMILES string of the molecule is C=C1CB(OC(=O)c2cccc(NCc3cccc(N)c3F)c2CN)CC(=O)N1. The van der Waals surface area contributed by atoms with Crippen molar-refractivity contribution in [1.29, 1.82) is 0 Å². The number of nitrogens with one attached hydrogen (secondary N) is 2. The molecule has 1 heterocycles.